The summed E-state index contributed by atoms with van der Waals surface area (Å²) >= 11 is 1.67. The second-order valence-corrected chi connectivity index (χ2v) is 5.81. The number of nitrogens with zero attached hydrogens (tertiary/aromatic N) is 4. The van der Waals surface area contributed by atoms with Crippen LogP contribution < -0.4 is 5.73 Å². The number of rotatable bonds is 5. The van der Waals surface area contributed by atoms with Crippen LogP contribution in [0.5, 0.6) is 0 Å². The van der Waals surface area contributed by atoms with Crippen molar-refractivity contribution in [1.82, 2.24) is 20.2 Å². The average Bonchev–Trinajstić information content (AvgIpc) is 3.20. The van der Waals surface area contributed by atoms with Crippen molar-refractivity contribution in [1.29, 1.82) is 0 Å². The van der Waals surface area contributed by atoms with E-state index in [2.05, 4.69) is 28.4 Å². The van der Waals surface area contributed by atoms with Crippen molar-refractivity contribution in [2.24, 2.45) is 5.73 Å². The van der Waals surface area contributed by atoms with Gasteiger partial charge < -0.3 is 5.73 Å². The summed E-state index contributed by atoms with van der Waals surface area (Å²) in [4.78, 5) is 2.80. The summed E-state index contributed by atoms with van der Waals surface area (Å²) < 4.78 is 0. The van der Waals surface area contributed by atoms with E-state index in [4.69, 9.17) is 5.73 Å². The molecule has 3 rings (SSSR count). The Morgan fingerprint density at radius 1 is 1.19 bits per heavy atom. The van der Waals surface area contributed by atoms with Gasteiger partial charge in [0.15, 0.2) is 0 Å². The first-order valence-corrected chi connectivity index (χ1v) is 7.81. The SMILES string of the molecule is CCC(N)C(c1cccs1)n1nnc(-c2ccccc2)n1. The molecule has 0 aliphatic heterocycles. The lowest BCUT2D eigenvalue weighted by Crippen LogP contribution is -2.33. The lowest BCUT2D eigenvalue weighted by Gasteiger charge is -2.20. The van der Waals surface area contributed by atoms with E-state index in [-0.39, 0.29) is 12.1 Å². The molecule has 0 bridgehead atoms. The summed E-state index contributed by atoms with van der Waals surface area (Å²) in [6.07, 6.45) is 0.852. The van der Waals surface area contributed by atoms with Crippen molar-refractivity contribution >= 4 is 11.3 Å². The summed E-state index contributed by atoms with van der Waals surface area (Å²) in [6, 6.07) is 13.8. The van der Waals surface area contributed by atoms with Crippen molar-refractivity contribution < 1.29 is 0 Å². The molecule has 0 spiro atoms. The third kappa shape index (κ3) is 2.86. The maximum atomic E-state index is 6.27. The first-order chi connectivity index (χ1) is 10.3. The molecule has 0 saturated carbocycles. The molecule has 2 aromatic heterocycles. The molecule has 108 valence electrons. The van der Waals surface area contributed by atoms with Crippen molar-refractivity contribution in [3.63, 3.8) is 0 Å². The predicted molar refractivity (Wildman–Crippen MR) is 84.0 cm³/mol. The van der Waals surface area contributed by atoms with Crippen molar-refractivity contribution in [2.75, 3.05) is 0 Å². The van der Waals surface area contributed by atoms with Crippen LogP contribution >= 0.6 is 11.3 Å². The third-order valence-electron chi connectivity index (χ3n) is 3.42. The van der Waals surface area contributed by atoms with Gasteiger partial charge in [0.1, 0.15) is 6.04 Å². The van der Waals surface area contributed by atoms with Gasteiger partial charge in [0.2, 0.25) is 5.82 Å². The molecular formula is C15H17N5S. The molecule has 0 amide bonds. The molecule has 3 aromatic rings. The molecule has 0 radical (unpaired) electrons. The highest BCUT2D eigenvalue weighted by Crippen LogP contribution is 2.26. The van der Waals surface area contributed by atoms with Crippen LogP contribution in [0.25, 0.3) is 11.4 Å². The highest BCUT2D eigenvalue weighted by Gasteiger charge is 2.24. The van der Waals surface area contributed by atoms with E-state index < -0.39 is 0 Å². The Morgan fingerprint density at radius 3 is 2.67 bits per heavy atom. The molecule has 1 aromatic carbocycles. The fourth-order valence-electron chi connectivity index (χ4n) is 2.22. The fraction of sp³-hybridized carbons (Fsp3) is 0.267. The maximum Gasteiger partial charge on any atom is 0.204 e. The fourth-order valence-corrected chi connectivity index (χ4v) is 3.10. The molecule has 0 fully saturated rings. The molecular weight excluding hydrogens is 282 g/mol. The van der Waals surface area contributed by atoms with E-state index in [0.717, 1.165) is 16.9 Å². The zero-order valence-electron chi connectivity index (χ0n) is 11.8. The maximum absolute atomic E-state index is 6.27. The first kappa shape index (κ1) is 13.9. The summed E-state index contributed by atoms with van der Waals surface area (Å²) in [6.45, 7) is 2.07. The topological polar surface area (TPSA) is 69.6 Å². The molecule has 6 heteroatoms. The van der Waals surface area contributed by atoms with Gasteiger partial charge >= 0.3 is 0 Å². The van der Waals surface area contributed by atoms with E-state index in [1.54, 1.807) is 16.1 Å². The summed E-state index contributed by atoms with van der Waals surface area (Å²) in [7, 11) is 0. The molecule has 5 nitrogen and oxygen atoms in total. The summed E-state index contributed by atoms with van der Waals surface area (Å²) in [5.74, 6) is 0.625. The Morgan fingerprint density at radius 2 is 2.00 bits per heavy atom. The minimum Gasteiger partial charge on any atom is -0.325 e. The molecule has 0 aliphatic carbocycles. The molecule has 2 heterocycles. The van der Waals surface area contributed by atoms with Crippen LogP contribution in [-0.2, 0) is 0 Å². The Balaban J connectivity index is 1.96. The second kappa shape index (κ2) is 6.15. The Bertz CT molecular complexity index is 677. The van der Waals surface area contributed by atoms with Gasteiger partial charge in [0.25, 0.3) is 0 Å². The van der Waals surface area contributed by atoms with Crippen molar-refractivity contribution in [3.05, 3.63) is 52.7 Å². The smallest absolute Gasteiger partial charge is 0.204 e. The number of aromatic nitrogens is 4. The largest absolute Gasteiger partial charge is 0.325 e. The van der Waals surface area contributed by atoms with E-state index in [1.165, 1.54) is 0 Å². The Hall–Kier alpha value is -2.05. The van der Waals surface area contributed by atoms with Crippen LogP contribution in [0.15, 0.2) is 47.8 Å². The van der Waals surface area contributed by atoms with E-state index in [9.17, 15) is 0 Å². The minimum absolute atomic E-state index is 0.0403. The number of tetrazole rings is 1. The lowest BCUT2D eigenvalue weighted by molar-refractivity contribution is 0.383. The third-order valence-corrected chi connectivity index (χ3v) is 4.36. The van der Waals surface area contributed by atoms with Gasteiger partial charge in [-0.2, -0.15) is 4.80 Å². The second-order valence-electron chi connectivity index (χ2n) is 4.83. The van der Waals surface area contributed by atoms with Gasteiger partial charge in [-0.25, -0.2) is 0 Å². The van der Waals surface area contributed by atoms with E-state index in [1.807, 2.05) is 41.8 Å². The molecule has 0 saturated heterocycles. The number of nitrogens with two attached hydrogens (primary N) is 1. The van der Waals surface area contributed by atoms with Gasteiger partial charge in [-0.05, 0) is 23.1 Å². The van der Waals surface area contributed by atoms with E-state index in [0.29, 0.717) is 5.82 Å². The van der Waals surface area contributed by atoms with Crippen LogP contribution in [-0.4, -0.2) is 26.2 Å². The van der Waals surface area contributed by atoms with Gasteiger partial charge in [0.05, 0.1) is 0 Å². The summed E-state index contributed by atoms with van der Waals surface area (Å²) in [5, 5.41) is 15.0. The molecule has 0 aliphatic rings. The van der Waals surface area contributed by atoms with Crippen LogP contribution in [0, 0.1) is 0 Å². The molecule has 2 unspecified atom stereocenters. The molecule has 2 N–H and O–H groups in total. The van der Waals surface area contributed by atoms with Gasteiger partial charge in [-0.3, -0.25) is 0 Å². The Kier molecular flexibility index (Phi) is 4.08. The van der Waals surface area contributed by atoms with Crippen molar-refractivity contribution in [3.8, 4) is 11.4 Å². The number of hydrogen-bond donors (Lipinski definition) is 1. The number of thiophene rings is 1. The summed E-state index contributed by atoms with van der Waals surface area (Å²) in [5.41, 5.74) is 7.22. The minimum atomic E-state index is -0.0695. The number of hydrogen-bond acceptors (Lipinski definition) is 5. The molecule has 2 atom stereocenters. The van der Waals surface area contributed by atoms with Crippen LogP contribution in [0.1, 0.15) is 24.3 Å². The predicted octanol–water partition coefficient (Wildman–Crippen LogP) is 2.73. The van der Waals surface area contributed by atoms with Crippen LogP contribution in [0.2, 0.25) is 0 Å². The average molecular weight is 299 g/mol. The van der Waals surface area contributed by atoms with E-state index >= 15 is 0 Å². The standard InChI is InChI=1S/C15H17N5S/c1-2-12(16)14(13-9-6-10-21-13)20-18-15(17-19-20)11-7-4-3-5-8-11/h3-10,12,14H,2,16H2,1H3. The quantitative estimate of drug-likeness (QED) is 0.786. The highest BCUT2D eigenvalue weighted by molar-refractivity contribution is 7.10. The lowest BCUT2D eigenvalue weighted by atomic mass is 10.1. The first-order valence-electron chi connectivity index (χ1n) is 6.93. The normalized spacial score (nSPS) is 14.0. The van der Waals surface area contributed by atoms with Gasteiger partial charge in [-0.1, -0.05) is 43.3 Å². The number of benzene rings is 1. The van der Waals surface area contributed by atoms with Gasteiger partial charge in [-0.15, -0.1) is 21.5 Å². The zero-order chi connectivity index (χ0) is 14.7. The van der Waals surface area contributed by atoms with Crippen molar-refractivity contribution in [2.45, 2.75) is 25.4 Å². The Labute approximate surface area is 127 Å². The zero-order valence-corrected chi connectivity index (χ0v) is 12.6. The molecule has 21 heavy (non-hydrogen) atoms. The highest BCUT2D eigenvalue weighted by atomic mass is 32.1. The monoisotopic (exact) mass is 299 g/mol. The van der Waals surface area contributed by atoms with Gasteiger partial charge in [0, 0.05) is 16.5 Å². The van der Waals surface area contributed by atoms with Crippen LogP contribution in [0.4, 0.5) is 0 Å². The van der Waals surface area contributed by atoms with Crippen LogP contribution in [0.3, 0.4) is 0 Å².